The number of halogens is 1. The second-order valence-corrected chi connectivity index (χ2v) is 5.75. The van der Waals surface area contributed by atoms with Crippen molar-refractivity contribution in [3.05, 3.63) is 40.5 Å². The fourth-order valence-corrected chi connectivity index (χ4v) is 2.61. The highest BCUT2D eigenvalue weighted by Gasteiger charge is 2.21. The molecule has 0 radical (unpaired) electrons. The number of nitrogens with zero attached hydrogens (tertiary/aromatic N) is 2. The van der Waals surface area contributed by atoms with E-state index >= 15 is 0 Å². The maximum Gasteiger partial charge on any atom is 0.219 e. The van der Waals surface area contributed by atoms with Gasteiger partial charge in [-0.05, 0) is 43.5 Å². The minimum atomic E-state index is 0.326. The molecule has 21 heavy (non-hydrogen) atoms. The molecular weight excluding hydrogens is 286 g/mol. The molecule has 114 valence electrons. The van der Waals surface area contributed by atoms with Crippen LogP contribution in [-0.2, 0) is 6.42 Å². The Balaban J connectivity index is 2.55. The minimum absolute atomic E-state index is 0.326. The number of nitrogens with two attached hydrogens (primary N) is 1. The number of ether oxygens (including phenoxy) is 1. The molecule has 2 N–H and O–H groups in total. The Morgan fingerprint density at radius 2 is 2.14 bits per heavy atom. The summed E-state index contributed by atoms with van der Waals surface area (Å²) in [4.78, 5) is 0. The van der Waals surface area contributed by atoms with Gasteiger partial charge in [0.25, 0.3) is 0 Å². The van der Waals surface area contributed by atoms with Crippen LogP contribution < -0.4 is 10.5 Å². The second kappa shape index (κ2) is 6.96. The fraction of sp³-hybridized carbons (Fsp3) is 0.438. The van der Waals surface area contributed by atoms with Crippen LogP contribution in [-0.4, -0.2) is 23.4 Å². The number of methoxy groups -OCH3 is 1. The van der Waals surface area contributed by atoms with E-state index in [1.165, 1.54) is 0 Å². The van der Waals surface area contributed by atoms with Crippen molar-refractivity contribution in [1.29, 1.82) is 0 Å². The second-order valence-electron chi connectivity index (χ2n) is 5.31. The van der Waals surface area contributed by atoms with Crippen molar-refractivity contribution < 1.29 is 4.74 Å². The predicted octanol–water partition coefficient (Wildman–Crippen LogP) is 3.55. The SMILES string of the molecule is COc1c(CCCN)c(C(C)C)nn1-c1cccc(Cl)c1. The standard InChI is InChI=1S/C16H22ClN3O/c1-11(2)15-14(8-5-9-18)16(21-3)20(19-15)13-7-4-6-12(17)10-13/h4,6-7,10-11H,5,8-9,18H2,1-3H3. The summed E-state index contributed by atoms with van der Waals surface area (Å²) in [5, 5.41) is 5.42. The number of aromatic nitrogens is 2. The molecule has 0 unspecified atom stereocenters. The maximum absolute atomic E-state index is 6.08. The Labute approximate surface area is 130 Å². The van der Waals surface area contributed by atoms with E-state index in [4.69, 9.17) is 27.2 Å². The van der Waals surface area contributed by atoms with E-state index in [9.17, 15) is 0 Å². The first kappa shape index (κ1) is 15.9. The van der Waals surface area contributed by atoms with Gasteiger partial charge in [-0.2, -0.15) is 5.10 Å². The van der Waals surface area contributed by atoms with Crippen LogP contribution in [0.5, 0.6) is 5.88 Å². The van der Waals surface area contributed by atoms with Gasteiger partial charge < -0.3 is 10.5 Å². The van der Waals surface area contributed by atoms with Crippen LogP contribution in [0.4, 0.5) is 0 Å². The molecule has 0 atom stereocenters. The van der Waals surface area contributed by atoms with E-state index in [0.717, 1.165) is 35.7 Å². The zero-order valence-electron chi connectivity index (χ0n) is 12.8. The van der Waals surface area contributed by atoms with Gasteiger partial charge in [0.2, 0.25) is 5.88 Å². The summed E-state index contributed by atoms with van der Waals surface area (Å²) in [6.45, 7) is 4.93. The van der Waals surface area contributed by atoms with Crippen LogP contribution in [0.1, 0.15) is 37.4 Å². The molecule has 0 saturated carbocycles. The quantitative estimate of drug-likeness (QED) is 0.888. The van der Waals surface area contributed by atoms with Gasteiger partial charge in [0.05, 0.1) is 18.5 Å². The van der Waals surface area contributed by atoms with Gasteiger partial charge in [-0.1, -0.05) is 31.5 Å². The summed E-state index contributed by atoms with van der Waals surface area (Å²) < 4.78 is 7.44. The van der Waals surface area contributed by atoms with Gasteiger partial charge in [0.1, 0.15) is 0 Å². The molecule has 4 nitrogen and oxygen atoms in total. The fourth-order valence-electron chi connectivity index (χ4n) is 2.42. The van der Waals surface area contributed by atoms with Gasteiger partial charge in [-0.15, -0.1) is 0 Å². The lowest BCUT2D eigenvalue weighted by molar-refractivity contribution is 0.379. The molecule has 0 saturated heterocycles. The topological polar surface area (TPSA) is 53.1 Å². The van der Waals surface area contributed by atoms with Crippen LogP contribution >= 0.6 is 11.6 Å². The summed E-state index contributed by atoms with van der Waals surface area (Å²) >= 11 is 6.08. The lowest BCUT2D eigenvalue weighted by Crippen LogP contribution is -2.03. The molecule has 0 aliphatic rings. The third-order valence-corrected chi connectivity index (χ3v) is 3.63. The highest BCUT2D eigenvalue weighted by molar-refractivity contribution is 6.30. The van der Waals surface area contributed by atoms with E-state index in [1.807, 2.05) is 28.9 Å². The minimum Gasteiger partial charge on any atom is -0.481 e. The molecule has 0 spiro atoms. The Kier molecular flexibility index (Phi) is 5.26. The molecule has 1 heterocycles. The van der Waals surface area contributed by atoms with Gasteiger partial charge in [0.15, 0.2) is 0 Å². The Morgan fingerprint density at radius 3 is 2.71 bits per heavy atom. The highest BCUT2D eigenvalue weighted by atomic mass is 35.5. The number of hydrogen-bond donors (Lipinski definition) is 1. The van der Waals surface area contributed by atoms with Crippen LogP contribution in [0.15, 0.2) is 24.3 Å². The smallest absolute Gasteiger partial charge is 0.219 e. The molecule has 2 rings (SSSR count). The number of hydrogen-bond acceptors (Lipinski definition) is 3. The van der Waals surface area contributed by atoms with Crippen LogP contribution in [0.3, 0.4) is 0 Å². The van der Waals surface area contributed by atoms with Crippen molar-refractivity contribution in [3.8, 4) is 11.6 Å². The van der Waals surface area contributed by atoms with Crippen LogP contribution in [0.2, 0.25) is 5.02 Å². The Morgan fingerprint density at radius 1 is 1.38 bits per heavy atom. The predicted molar refractivity (Wildman–Crippen MR) is 86.6 cm³/mol. The summed E-state index contributed by atoms with van der Waals surface area (Å²) in [5.74, 6) is 1.10. The van der Waals surface area contributed by atoms with E-state index in [0.29, 0.717) is 17.5 Å². The van der Waals surface area contributed by atoms with Crippen molar-refractivity contribution in [3.63, 3.8) is 0 Å². The van der Waals surface area contributed by atoms with Gasteiger partial charge >= 0.3 is 0 Å². The molecular formula is C16H22ClN3O. The zero-order valence-corrected chi connectivity index (χ0v) is 13.5. The van der Waals surface area contributed by atoms with Crippen molar-refractivity contribution in [2.75, 3.05) is 13.7 Å². The lowest BCUT2D eigenvalue weighted by atomic mass is 10.0. The summed E-state index contributed by atoms with van der Waals surface area (Å²) in [6.07, 6.45) is 1.78. The Hall–Kier alpha value is -1.52. The molecule has 0 fully saturated rings. The molecule has 2 aromatic rings. The first-order chi connectivity index (χ1) is 10.1. The van der Waals surface area contributed by atoms with Crippen molar-refractivity contribution in [2.45, 2.75) is 32.6 Å². The summed E-state index contributed by atoms with van der Waals surface area (Å²) in [6, 6.07) is 7.61. The van der Waals surface area contributed by atoms with E-state index in [-0.39, 0.29) is 0 Å². The van der Waals surface area contributed by atoms with Crippen molar-refractivity contribution in [2.24, 2.45) is 5.73 Å². The zero-order chi connectivity index (χ0) is 15.4. The number of rotatable bonds is 6. The van der Waals surface area contributed by atoms with Gasteiger partial charge in [0, 0.05) is 10.6 Å². The van der Waals surface area contributed by atoms with Crippen LogP contribution in [0, 0.1) is 0 Å². The van der Waals surface area contributed by atoms with Crippen LogP contribution in [0.25, 0.3) is 5.69 Å². The molecule has 0 aliphatic carbocycles. The van der Waals surface area contributed by atoms with Crippen molar-refractivity contribution >= 4 is 11.6 Å². The van der Waals surface area contributed by atoms with Gasteiger partial charge in [-0.3, -0.25) is 0 Å². The largest absolute Gasteiger partial charge is 0.481 e. The van der Waals surface area contributed by atoms with E-state index in [1.54, 1.807) is 7.11 Å². The average molecular weight is 308 g/mol. The first-order valence-electron chi connectivity index (χ1n) is 7.20. The molecule has 0 bridgehead atoms. The lowest BCUT2D eigenvalue weighted by Gasteiger charge is -2.08. The van der Waals surface area contributed by atoms with E-state index < -0.39 is 0 Å². The first-order valence-corrected chi connectivity index (χ1v) is 7.58. The highest BCUT2D eigenvalue weighted by Crippen LogP contribution is 2.31. The molecule has 0 amide bonds. The monoisotopic (exact) mass is 307 g/mol. The van der Waals surface area contributed by atoms with Crippen molar-refractivity contribution in [1.82, 2.24) is 9.78 Å². The summed E-state index contributed by atoms with van der Waals surface area (Å²) in [7, 11) is 1.67. The third kappa shape index (κ3) is 3.39. The summed E-state index contributed by atoms with van der Waals surface area (Å²) in [5.41, 5.74) is 8.74. The Bertz CT molecular complexity index is 608. The molecule has 1 aromatic carbocycles. The van der Waals surface area contributed by atoms with Gasteiger partial charge in [-0.25, -0.2) is 4.68 Å². The molecule has 1 aromatic heterocycles. The average Bonchev–Trinajstić information content (AvgIpc) is 2.83. The molecule has 0 aliphatic heterocycles. The van der Waals surface area contributed by atoms with E-state index in [2.05, 4.69) is 13.8 Å². The number of benzene rings is 1. The third-order valence-electron chi connectivity index (χ3n) is 3.39. The molecule has 5 heteroatoms. The maximum atomic E-state index is 6.08. The normalized spacial score (nSPS) is 11.1.